The molecule has 0 heterocycles. The Bertz CT molecular complexity index is 1710. The summed E-state index contributed by atoms with van der Waals surface area (Å²) < 4.78 is 16.8. The molecule has 0 N–H and O–H groups in total. The normalized spacial score (nSPS) is 13.3. The van der Waals surface area contributed by atoms with Crippen molar-refractivity contribution in [2.24, 2.45) is 0 Å². The highest BCUT2D eigenvalue weighted by Crippen LogP contribution is 2.14. The molecule has 0 aliphatic heterocycles. The van der Waals surface area contributed by atoms with Gasteiger partial charge in [-0.3, -0.25) is 14.4 Å². The lowest BCUT2D eigenvalue weighted by Gasteiger charge is -2.18. The van der Waals surface area contributed by atoms with E-state index in [1.807, 2.05) is 0 Å². The van der Waals surface area contributed by atoms with E-state index in [0.717, 1.165) is 161 Å². The number of carbonyl (C=O) groups excluding carboxylic acids is 3. The summed E-state index contributed by atoms with van der Waals surface area (Å²) in [6, 6.07) is 0. The Labute approximate surface area is 460 Å². The fourth-order valence-electron chi connectivity index (χ4n) is 7.63. The van der Waals surface area contributed by atoms with Gasteiger partial charge in [0.1, 0.15) is 13.2 Å². The minimum absolute atomic E-state index is 0.112. The lowest BCUT2D eigenvalue weighted by Crippen LogP contribution is -2.30. The summed E-state index contributed by atoms with van der Waals surface area (Å²) in [7, 11) is 0. The van der Waals surface area contributed by atoms with E-state index in [-0.39, 0.29) is 31.1 Å². The molecule has 75 heavy (non-hydrogen) atoms. The Morgan fingerprint density at radius 3 is 0.773 bits per heavy atom. The van der Waals surface area contributed by atoms with E-state index < -0.39 is 6.10 Å². The van der Waals surface area contributed by atoms with Crippen molar-refractivity contribution in [2.45, 2.75) is 245 Å². The highest BCUT2D eigenvalue weighted by atomic mass is 16.6. The molecular formula is C69H108O6. The van der Waals surface area contributed by atoms with Gasteiger partial charge in [0.15, 0.2) is 6.10 Å². The first-order chi connectivity index (χ1) is 37.0. The molecule has 0 fully saturated rings. The van der Waals surface area contributed by atoms with Crippen molar-refractivity contribution in [3.05, 3.63) is 158 Å². The van der Waals surface area contributed by atoms with Gasteiger partial charge in [0, 0.05) is 19.3 Å². The smallest absolute Gasteiger partial charge is 0.306 e. The third-order valence-electron chi connectivity index (χ3n) is 12.0. The Hall–Kier alpha value is -4.97. The monoisotopic (exact) mass is 1030 g/mol. The zero-order valence-corrected chi connectivity index (χ0v) is 48.0. The Kier molecular flexibility index (Phi) is 57.5. The Balaban J connectivity index is 4.51. The van der Waals surface area contributed by atoms with Gasteiger partial charge in [-0.05, 0) is 141 Å². The topological polar surface area (TPSA) is 78.9 Å². The standard InChI is InChI=1S/C69H108O6/c1-4-7-10-13-16-19-22-25-28-30-32-34-36-38-41-44-47-50-53-56-59-62-68(71)74-65-66(64-73-67(70)61-58-55-52-49-46-43-40-27-24-21-18-15-12-9-6-3)75-69(72)63-60-57-54-51-48-45-42-39-37-35-33-31-29-26-23-20-17-14-11-8-5-2/h7-12,16-21,25-29,32-35,38,40-41,46,49,66H,4-6,13-15,22-24,30-31,36-37,39,42-45,47-48,50-65H2,1-3H3/b10-7-,11-8-,12-9-,19-16-,20-17-,21-18-,28-25-,29-26-,34-32-,35-33-,40-27-,41-38-,49-46-. The van der Waals surface area contributed by atoms with Crippen LogP contribution in [0, 0.1) is 0 Å². The number of hydrogen-bond donors (Lipinski definition) is 0. The van der Waals surface area contributed by atoms with Gasteiger partial charge < -0.3 is 14.2 Å². The molecule has 6 nitrogen and oxygen atoms in total. The Morgan fingerprint density at radius 2 is 0.480 bits per heavy atom. The van der Waals surface area contributed by atoms with Crippen molar-refractivity contribution < 1.29 is 28.6 Å². The van der Waals surface area contributed by atoms with E-state index in [1.54, 1.807) is 0 Å². The lowest BCUT2D eigenvalue weighted by atomic mass is 10.1. The highest BCUT2D eigenvalue weighted by molar-refractivity contribution is 5.71. The van der Waals surface area contributed by atoms with Crippen LogP contribution < -0.4 is 0 Å². The second-order valence-electron chi connectivity index (χ2n) is 19.1. The van der Waals surface area contributed by atoms with E-state index >= 15 is 0 Å². The van der Waals surface area contributed by atoms with Crippen molar-refractivity contribution in [2.75, 3.05) is 13.2 Å². The first-order valence-corrected chi connectivity index (χ1v) is 30.0. The summed E-state index contributed by atoms with van der Waals surface area (Å²) in [5.41, 5.74) is 0. The quantitative estimate of drug-likeness (QED) is 0.0261. The summed E-state index contributed by atoms with van der Waals surface area (Å²) in [5, 5.41) is 0. The second kappa shape index (κ2) is 61.6. The lowest BCUT2D eigenvalue weighted by molar-refractivity contribution is -0.167. The molecule has 1 atom stereocenters. The number of rotatable bonds is 52. The third-order valence-corrected chi connectivity index (χ3v) is 12.0. The van der Waals surface area contributed by atoms with Gasteiger partial charge >= 0.3 is 17.9 Å². The minimum atomic E-state index is -0.817. The van der Waals surface area contributed by atoms with Crippen LogP contribution in [0.15, 0.2) is 158 Å². The predicted molar refractivity (Wildman–Crippen MR) is 325 cm³/mol. The Morgan fingerprint density at radius 1 is 0.267 bits per heavy atom. The highest BCUT2D eigenvalue weighted by Gasteiger charge is 2.19. The van der Waals surface area contributed by atoms with Gasteiger partial charge in [0.2, 0.25) is 0 Å². The zero-order chi connectivity index (χ0) is 54.3. The molecule has 0 aromatic carbocycles. The molecule has 0 aliphatic rings. The van der Waals surface area contributed by atoms with Crippen LogP contribution in [0.4, 0.5) is 0 Å². The van der Waals surface area contributed by atoms with Gasteiger partial charge in [-0.25, -0.2) is 0 Å². The molecule has 0 aromatic heterocycles. The zero-order valence-electron chi connectivity index (χ0n) is 48.0. The third kappa shape index (κ3) is 59.8. The summed E-state index contributed by atoms with van der Waals surface area (Å²) >= 11 is 0. The van der Waals surface area contributed by atoms with Gasteiger partial charge in [0.05, 0.1) is 0 Å². The molecule has 1 unspecified atom stereocenters. The van der Waals surface area contributed by atoms with Crippen LogP contribution in [-0.2, 0) is 28.6 Å². The molecule has 6 heteroatoms. The molecule has 0 rings (SSSR count). The summed E-state index contributed by atoms with van der Waals surface area (Å²) in [5.74, 6) is -0.985. The number of ether oxygens (including phenoxy) is 3. The van der Waals surface area contributed by atoms with Crippen molar-refractivity contribution >= 4 is 17.9 Å². The molecule has 0 spiro atoms. The van der Waals surface area contributed by atoms with E-state index in [9.17, 15) is 14.4 Å². The van der Waals surface area contributed by atoms with Crippen LogP contribution >= 0.6 is 0 Å². The fourth-order valence-corrected chi connectivity index (χ4v) is 7.63. The second-order valence-corrected chi connectivity index (χ2v) is 19.1. The summed E-state index contributed by atoms with van der Waals surface area (Å²) in [6.07, 6.45) is 89.5. The molecular weight excluding hydrogens is 925 g/mol. The van der Waals surface area contributed by atoms with Gasteiger partial charge in [-0.2, -0.15) is 0 Å². The van der Waals surface area contributed by atoms with Gasteiger partial charge in [-0.1, -0.05) is 237 Å². The first kappa shape index (κ1) is 70.0. The molecule has 420 valence electrons. The maximum Gasteiger partial charge on any atom is 0.306 e. The molecule has 0 saturated carbocycles. The summed E-state index contributed by atoms with van der Waals surface area (Å²) in [6.45, 7) is 6.23. The molecule has 0 saturated heterocycles. The van der Waals surface area contributed by atoms with Gasteiger partial charge in [0.25, 0.3) is 0 Å². The van der Waals surface area contributed by atoms with Crippen molar-refractivity contribution in [3.8, 4) is 0 Å². The molecule has 0 amide bonds. The predicted octanol–water partition coefficient (Wildman–Crippen LogP) is 20.5. The largest absolute Gasteiger partial charge is 0.462 e. The average Bonchev–Trinajstić information content (AvgIpc) is 3.41. The molecule has 0 bridgehead atoms. The van der Waals surface area contributed by atoms with E-state index in [2.05, 4.69) is 179 Å². The van der Waals surface area contributed by atoms with Gasteiger partial charge in [-0.15, -0.1) is 0 Å². The van der Waals surface area contributed by atoms with Crippen molar-refractivity contribution in [1.29, 1.82) is 0 Å². The van der Waals surface area contributed by atoms with Crippen LogP contribution in [0.5, 0.6) is 0 Å². The number of allylic oxidation sites excluding steroid dienone is 26. The maximum atomic E-state index is 12.9. The maximum absolute atomic E-state index is 12.9. The summed E-state index contributed by atoms with van der Waals surface area (Å²) in [4.78, 5) is 38.3. The van der Waals surface area contributed by atoms with E-state index in [4.69, 9.17) is 14.2 Å². The minimum Gasteiger partial charge on any atom is -0.462 e. The number of hydrogen-bond acceptors (Lipinski definition) is 6. The molecule has 0 aliphatic carbocycles. The van der Waals surface area contributed by atoms with Crippen molar-refractivity contribution in [3.63, 3.8) is 0 Å². The number of unbranched alkanes of at least 4 members (excludes halogenated alkanes) is 15. The van der Waals surface area contributed by atoms with Crippen LogP contribution in [0.25, 0.3) is 0 Å². The molecule has 0 aromatic rings. The van der Waals surface area contributed by atoms with E-state index in [1.165, 1.54) is 32.1 Å². The SMILES string of the molecule is CC/C=C\C/C=C\C/C=C\C/C=C\C/C=C\CCCCCCCC(=O)OCC(COC(=O)CCCC/C=C\C/C=C\C/C=C\C/C=C\CC)OC(=O)CCCCCCCCCC/C=C\C/C=C\C/C=C\C/C=C\CC. The van der Waals surface area contributed by atoms with E-state index in [0.29, 0.717) is 25.7 Å². The van der Waals surface area contributed by atoms with Crippen molar-refractivity contribution in [1.82, 2.24) is 0 Å². The molecule has 0 radical (unpaired) electrons. The van der Waals surface area contributed by atoms with Crippen LogP contribution in [-0.4, -0.2) is 37.2 Å². The number of esters is 3. The number of carbonyl (C=O) groups is 3. The van der Waals surface area contributed by atoms with Crippen LogP contribution in [0.3, 0.4) is 0 Å². The average molecular weight is 1030 g/mol. The van der Waals surface area contributed by atoms with Crippen LogP contribution in [0.2, 0.25) is 0 Å². The fraction of sp³-hybridized carbons (Fsp3) is 0.580. The first-order valence-electron chi connectivity index (χ1n) is 30.0. The van der Waals surface area contributed by atoms with Crippen LogP contribution in [0.1, 0.15) is 239 Å².